The number of rotatable bonds is 4. The Hall–Kier alpha value is -2.14. The number of hydrogen-bond acceptors (Lipinski definition) is 3. The molecule has 1 unspecified atom stereocenters. The molecule has 104 valence electrons. The highest BCUT2D eigenvalue weighted by molar-refractivity contribution is 5.53. The van der Waals surface area contributed by atoms with E-state index >= 15 is 0 Å². The summed E-state index contributed by atoms with van der Waals surface area (Å²) < 4.78 is 3.81. The normalized spacial score (nSPS) is 12.9. The van der Waals surface area contributed by atoms with E-state index in [1.54, 1.807) is 0 Å². The predicted octanol–water partition coefficient (Wildman–Crippen LogP) is 2.23. The molecule has 5 nitrogen and oxygen atoms in total. The lowest BCUT2D eigenvalue weighted by atomic mass is 10.1. The first-order valence-electron chi connectivity index (χ1n) is 6.80. The van der Waals surface area contributed by atoms with Gasteiger partial charge in [-0.25, -0.2) is 4.52 Å². The Bertz CT molecular complexity index is 725. The minimum atomic E-state index is 0.266. The molecule has 0 aliphatic heterocycles. The van der Waals surface area contributed by atoms with Gasteiger partial charge in [0.1, 0.15) is 0 Å². The highest BCUT2D eigenvalue weighted by atomic mass is 15.3. The highest BCUT2D eigenvalue weighted by Gasteiger charge is 2.12. The number of hydrogen-bond donors (Lipinski definition) is 1. The number of nitrogens with zero attached hydrogens (tertiary/aromatic N) is 4. The molecule has 0 saturated heterocycles. The SMILES string of the molecule is Cc1c(C(C)NCc2cnn3ccccc23)cnn1C. The Balaban J connectivity index is 1.75. The minimum Gasteiger partial charge on any atom is -0.306 e. The zero-order valence-electron chi connectivity index (χ0n) is 12.0. The lowest BCUT2D eigenvalue weighted by Crippen LogP contribution is -2.18. The minimum absolute atomic E-state index is 0.266. The molecule has 5 heteroatoms. The third-order valence-corrected chi connectivity index (χ3v) is 3.84. The van der Waals surface area contributed by atoms with Crippen molar-refractivity contribution >= 4 is 5.52 Å². The van der Waals surface area contributed by atoms with E-state index in [0.29, 0.717) is 0 Å². The molecule has 0 aromatic carbocycles. The van der Waals surface area contributed by atoms with E-state index in [9.17, 15) is 0 Å². The van der Waals surface area contributed by atoms with Crippen LogP contribution in [0.25, 0.3) is 5.52 Å². The van der Waals surface area contributed by atoms with Gasteiger partial charge >= 0.3 is 0 Å². The van der Waals surface area contributed by atoms with Crippen LogP contribution in [0.15, 0.2) is 36.8 Å². The van der Waals surface area contributed by atoms with Gasteiger partial charge in [0.05, 0.1) is 17.9 Å². The summed E-state index contributed by atoms with van der Waals surface area (Å²) in [5.41, 5.74) is 4.79. The molecule has 0 spiro atoms. The molecule has 20 heavy (non-hydrogen) atoms. The van der Waals surface area contributed by atoms with Crippen LogP contribution in [-0.4, -0.2) is 19.4 Å². The van der Waals surface area contributed by atoms with Crippen molar-refractivity contribution < 1.29 is 0 Å². The fraction of sp³-hybridized carbons (Fsp3) is 0.333. The topological polar surface area (TPSA) is 47.1 Å². The first-order chi connectivity index (χ1) is 9.66. The maximum atomic E-state index is 4.35. The van der Waals surface area contributed by atoms with E-state index in [2.05, 4.69) is 35.4 Å². The van der Waals surface area contributed by atoms with Crippen molar-refractivity contribution in [3.63, 3.8) is 0 Å². The second kappa shape index (κ2) is 5.09. The average molecular weight is 269 g/mol. The largest absolute Gasteiger partial charge is 0.306 e. The smallest absolute Gasteiger partial charge is 0.0706 e. The number of nitrogens with one attached hydrogen (secondary N) is 1. The van der Waals surface area contributed by atoms with Crippen LogP contribution in [0.5, 0.6) is 0 Å². The Morgan fingerprint density at radius 1 is 1.25 bits per heavy atom. The maximum Gasteiger partial charge on any atom is 0.0706 e. The highest BCUT2D eigenvalue weighted by Crippen LogP contribution is 2.17. The van der Waals surface area contributed by atoms with E-state index in [-0.39, 0.29) is 6.04 Å². The lowest BCUT2D eigenvalue weighted by molar-refractivity contribution is 0.572. The van der Waals surface area contributed by atoms with Crippen molar-refractivity contribution in [2.24, 2.45) is 7.05 Å². The first kappa shape index (κ1) is 12.9. The van der Waals surface area contributed by atoms with Gasteiger partial charge in [-0.1, -0.05) is 6.07 Å². The summed E-state index contributed by atoms with van der Waals surface area (Å²) in [4.78, 5) is 0. The number of pyridine rings is 1. The van der Waals surface area contributed by atoms with Crippen molar-refractivity contribution in [3.05, 3.63) is 53.6 Å². The van der Waals surface area contributed by atoms with Crippen molar-refractivity contribution in [3.8, 4) is 0 Å². The van der Waals surface area contributed by atoms with E-state index in [4.69, 9.17) is 0 Å². The monoisotopic (exact) mass is 269 g/mol. The van der Waals surface area contributed by atoms with Crippen LogP contribution in [0.2, 0.25) is 0 Å². The van der Waals surface area contributed by atoms with E-state index in [1.165, 1.54) is 16.8 Å². The Morgan fingerprint density at radius 3 is 2.85 bits per heavy atom. The van der Waals surface area contributed by atoms with Crippen LogP contribution in [-0.2, 0) is 13.6 Å². The van der Waals surface area contributed by atoms with Gasteiger partial charge in [-0.3, -0.25) is 4.68 Å². The molecule has 3 heterocycles. The molecule has 0 aliphatic carbocycles. The molecule has 3 aromatic rings. The van der Waals surface area contributed by atoms with Crippen molar-refractivity contribution in [1.29, 1.82) is 0 Å². The lowest BCUT2D eigenvalue weighted by Gasteiger charge is -2.13. The van der Waals surface area contributed by atoms with Crippen molar-refractivity contribution in [2.75, 3.05) is 0 Å². The number of aromatic nitrogens is 4. The molecule has 1 atom stereocenters. The van der Waals surface area contributed by atoms with Crippen LogP contribution in [0, 0.1) is 6.92 Å². The van der Waals surface area contributed by atoms with Crippen LogP contribution < -0.4 is 5.32 Å². The van der Waals surface area contributed by atoms with Crippen LogP contribution in [0.3, 0.4) is 0 Å². The van der Waals surface area contributed by atoms with E-state index in [0.717, 1.165) is 12.1 Å². The van der Waals surface area contributed by atoms with Crippen molar-refractivity contribution in [1.82, 2.24) is 24.7 Å². The fourth-order valence-electron chi connectivity index (χ4n) is 2.44. The second-order valence-corrected chi connectivity index (χ2v) is 5.11. The van der Waals surface area contributed by atoms with Gasteiger partial charge in [0.15, 0.2) is 0 Å². The van der Waals surface area contributed by atoms with Crippen molar-refractivity contribution in [2.45, 2.75) is 26.4 Å². The van der Waals surface area contributed by atoms with Gasteiger partial charge in [0, 0.05) is 42.7 Å². The summed E-state index contributed by atoms with van der Waals surface area (Å²) in [5, 5.41) is 12.2. The molecule has 0 radical (unpaired) electrons. The fourth-order valence-corrected chi connectivity index (χ4v) is 2.44. The van der Waals surface area contributed by atoms with E-state index < -0.39 is 0 Å². The van der Waals surface area contributed by atoms with Gasteiger partial charge in [-0.15, -0.1) is 0 Å². The maximum absolute atomic E-state index is 4.35. The van der Waals surface area contributed by atoms with Crippen LogP contribution >= 0.6 is 0 Å². The first-order valence-corrected chi connectivity index (χ1v) is 6.80. The Labute approximate surface area is 118 Å². The number of fused-ring (bicyclic) bond motifs is 1. The van der Waals surface area contributed by atoms with Gasteiger partial charge in [-0.05, 0) is 26.0 Å². The molecular weight excluding hydrogens is 250 g/mol. The molecule has 3 rings (SSSR count). The van der Waals surface area contributed by atoms with Gasteiger partial charge < -0.3 is 5.32 Å². The second-order valence-electron chi connectivity index (χ2n) is 5.11. The van der Waals surface area contributed by atoms with Crippen LogP contribution in [0.4, 0.5) is 0 Å². The molecule has 1 N–H and O–H groups in total. The average Bonchev–Trinajstić information content (AvgIpc) is 3.01. The standard InChI is InChI=1S/C15H19N5/c1-11(14-10-17-19(3)12(14)2)16-8-13-9-18-20-7-5-4-6-15(13)20/h4-7,9-11,16H,8H2,1-3H3. The molecule has 0 amide bonds. The predicted molar refractivity (Wildman–Crippen MR) is 78.4 cm³/mol. The zero-order valence-corrected chi connectivity index (χ0v) is 12.0. The Kier molecular flexibility index (Phi) is 3.28. The molecule has 3 aromatic heterocycles. The van der Waals surface area contributed by atoms with Crippen LogP contribution in [0.1, 0.15) is 29.8 Å². The number of aryl methyl sites for hydroxylation is 1. The van der Waals surface area contributed by atoms with Gasteiger partial charge in [0.25, 0.3) is 0 Å². The summed E-state index contributed by atoms with van der Waals surface area (Å²) in [7, 11) is 1.97. The molecule has 0 saturated carbocycles. The third-order valence-electron chi connectivity index (χ3n) is 3.84. The summed E-state index contributed by atoms with van der Waals surface area (Å²) in [6.45, 7) is 5.05. The summed E-state index contributed by atoms with van der Waals surface area (Å²) >= 11 is 0. The zero-order chi connectivity index (χ0) is 14.1. The van der Waals surface area contributed by atoms with Gasteiger partial charge in [-0.2, -0.15) is 10.2 Å². The molecule has 0 fully saturated rings. The summed E-state index contributed by atoms with van der Waals surface area (Å²) in [5.74, 6) is 0. The van der Waals surface area contributed by atoms with E-state index in [1.807, 2.05) is 47.0 Å². The Morgan fingerprint density at radius 2 is 2.10 bits per heavy atom. The third kappa shape index (κ3) is 2.20. The quantitative estimate of drug-likeness (QED) is 0.790. The van der Waals surface area contributed by atoms with Gasteiger partial charge in [0.2, 0.25) is 0 Å². The summed E-state index contributed by atoms with van der Waals surface area (Å²) in [6.07, 6.45) is 5.82. The molecular formula is C15H19N5. The molecule has 0 aliphatic rings. The molecule has 0 bridgehead atoms. The summed E-state index contributed by atoms with van der Waals surface area (Å²) in [6, 6.07) is 6.38.